The summed E-state index contributed by atoms with van der Waals surface area (Å²) < 4.78 is 4.94. The molecule has 6 heteroatoms. The summed E-state index contributed by atoms with van der Waals surface area (Å²) in [5.74, 6) is -1.96. The highest BCUT2D eigenvalue weighted by atomic mass is 16.7. The Kier molecular flexibility index (Phi) is 3.82. The van der Waals surface area contributed by atoms with Gasteiger partial charge < -0.3 is 30.3 Å². The van der Waals surface area contributed by atoms with E-state index in [2.05, 4.69) is 6.58 Å². The zero-order valence-corrected chi connectivity index (χ0v) is 8.15. The molecule has 0 aromatic carbocycles. The molecule has 1 fully saturated rings. The molecule has 0 bridgehead atoms. The van der Waals surface area contributed by atoms with E-state index in [9.17, 15) is 20.4 Å². The van der Waals surface area contributed by atoms with Gasteiger partial charge in [-0.05, 0) is 0 Å². The molecular weight excluding hydrogens is 204 g/mol. The average Bonchev–Trinajstić information content (AvgIpc) is 2.43. The summed E-state index contributed by atoms with van der Waals surface area (Å²) in [6.07, 6.45) is -4.31. The second-order valence-electron chi connectivity index (χ2n) is 3.61. The normalized spacial score (nSPS) is 42.9. The molecule has 1 aliphatic rings. The average molecular weight is 220 g/mol. The van der Waals surface area contributed by atoms with Gasteiger partial charge in [-0.1, -0.05) is 6.08 Å². The zero-order chi connectivity index (χ0) is 11.6. The minimum absolute atomic E-state index is 0.0835. The molecular formula is C9H16O6. The van der Waals surface area contributed by atoms with Gasteiger partial charge in [-0.2, -0.15) is 0 Å². The van der Waals surface area contributed by atoms with Crippen LogP contribution in [0.4, 0.5) is 0 Å². The second kappa shape index (κ2) is 4.56. The van der Waals surface area contributed by atoms with Crippen molar-refractivity contribution in [1.82, 2.24) is 0 Å². The molecule has 0 amide bonds. The van der Waals surface area contributed by atoms with Gasteiger partial charge in [0.25, 0.3) is 0 Å². The first-order valence-electron chi connectivity index (χ1n) is 4.62. The fourth-order valence-electron chi connectivity index (χ4n) is 1.61. The second-order valence-corrected chi connectivity index (χ2v) is 3.61. The van der Waals surface area contributed by atoms with Gasteiger partial charge in [0.15, 0.2) is 5.79 Å². The van der Waals surface area contributed by atoms with Gasteiger partial charge in [-0.3, -0.25) is 0 Å². The molecule has 5 N–H and O–H groups in total. The Hall–Kier alpha value is -0.500. The number of hydrogen-bond acceptors (Lipinski definition) is 6. The van der Waals surface area contributed by atoms with E-state index in [0.717, 1.165) is 0 Å². The Morgan fingerprint density at radius 1 is 1.47 bits per heavy atom. The third-order valence-electron chi connectivity index (χ3n) is 2.47. The molecule has 5 atom stereocenters. The van der Waals surface area contributed by atoms with Gasteiger partial charge in [0, 0.05) is 6.42 Å². The molecule has 1 heterocycles. The smallest absolute Gasteiger partial charge is 0.198 e. The van der Waals surface area contributed by atoms with Crippen molar-refractivity contribution < 1.29 is 30.3 Å². The molecule has 0 spiro atoms. The maximum absolute atomic E-state index is 9.75. The standard InChI is InChI=1S/C9H16O6/c1-2-3-9(14)8(13)6(12)7(15-9)5(11)4-10/h2,5-8,10-14H,1,3-4H2/t5-,6+,7+,8-,9-/m1/s1. The molecule has 0 aromatic heterocycles. The van der Waals surface area contributed by atoms with Gasteiger partial charge in [-0.15, -0.1) is 6.58 Å². The van der Waals surface area contributed by atoms with Crippen molar-refractivity contribution in [3.63, 3.8) is 0 Å². The van der Waals surface area contributed by atoms with E-state index in [0.29, 0.717) is 0 Å². The van der Waals surface area contributed by atoms with Crippen LogP contribution in [0.3, 0.4) is 0 Å². The van der Waals surface area contributed by atoms with Crippen LogP contribution >= 0.6 is 0 Å². The molecule has 88 valence electrons. The first-order valence-corrected chi connectivity index (χ1v) is 4.62. The van der Waals surface area contributed by atoms with Crippen molar-refractivity contribution in [2.24, 2.45) is 0 Å². The topological polar surface area (TPSA) is 110 Å². The lowest BCUT2D eigenvalue weighted by Crippen LogP contribution is -2.43. The Morgan fingerprint density at radius 2 is 2.07 bits per heavy atom. The van der Waals surface area contributed by atoms with Crippen LogP contribution in [0.15, 0.2) is 12.7 Å². The van der Waals surface area contributed by atoms with Gasteiger partial charge >= 0.3 is 0 Å². The molecule has 1 aliphatic heterocycles. The van der Waals surface area contributed by atoms with Crippen molar-refractivity contribution in [1.29, 1.82) is 0 Å². The highest BCUT2D eigenvalue weighted by molar-refractivity contribution is 5.00. The van der Waals surface area contributed by atoms with Crippen LogP contribution < -0.4 is 0 Å². The third-order valence-corrected chi connectivity index (χ3v) is 2.47. The highest BCUT2D eigenvalue weighted by Crippen LogP contribution is 2.33. The molecule has 0 aromatic rings. The number of rotatable bonds is 4. The van der Waals surface area contributed by atoms with Crippen LogP contribution in [-0.2, 0) is 4.74 Å². The molecule has 15 heavy (non-hydrogen) atoms. The van der Waals surface area contributed by atoms with Gasteiger partial charge in [-0.25, -0.2) is 0 Å². The predicted molar refractivity (Wildman–Crippen MR) is 49.7 cm³/mol. The highest BCUT2D eigenvalue weighted by Gasteiger charge is 2.54. The molecule has 6 nitrogen and oxygen atoms in total. The minimum Gasteiger partial charge on any atom is -0.394 e. The zero-order valence-electron chi connectivity index (χ0n) is 8.15. The monoisotopic (exact) mass is 220 g/mol. The summed E-state index contributed by atoms with van der Waals surface area (Å²) in [5, 5.41) is 46.7. The van der Waals surface area contributed by atoms with E-state index in [-0.39, 0.29) is 6.42 Å². The Bertz CT molecular complexity index is 233. The summed E-state index contributed by atoms with van der Waals surface area (Å²) in [6, 6.07) is 0. The van der Waals surface area contributed by atoms with E-state index >= 15 is 0 Å². The number of aliphatic hydroxyl groups excluding tert-OH is 4. The van der Waals surface area contributed by atoms with Crippen LogP contribution in [0.25, 0.3) is 0 Å². The van der Waals surface area contributed by atoms with E-state index in [1.807, 2.05) is 0 Å². The molecule has 0 aliphatic carbocycles. The molecule has 0 radical (unpaired) electrons. The molecule has 0 unspecified atom stereocenters. The maximum atomic E-state index is 9.75. The molecule has 1 rings (SSSR count). The fourth-order valence-corrected chi connectivity index (χ4v) is 1.61. The van der Waals surface area contributed by atoms with Crippen molar-refractivity contribution in [3.05, 3.63) is 12.7 Å². The summed E-state index contributed by atoms with van der Waals surface area (Å²) in [7, 11) is 0. The number of hydrogen-bond donors (Lipinski definition) is 5. The first-order chi connectivity index (χ1) is 6.96. The number of aliphatic hydroxyl groups is 5. The largest absolute Gasteiger partial charge is 0.394 e. The van der Waals surface area contributed by atoms with E-state index in [1.54, 1.807) is 0 Å². The van der Waals surface area contributed by atoms with Crippen molar-refractivity contribution in [3.8, 4) is 0 Å². The number of ether oxygens (including phenoxy) is 1. The summed E-state index contributed by atoms with van der Waals surface area (Å²) in [5.41, 5.74) is 0. The van der Waals surface area contributed by atoms with Gasteiger partial charge in [0.2, 0.25) is 0 Å². The molecule has 1 saturated heterocycles. The van der Waals surface area contributed by atoms with Gasteiger partial charge in [0.1, 0.15) is 24.4 Å². The minimum atomic E-state index is -1.96. The Morgan fingerprint density at radius 3 is 2.53 bits per heavy atom. The summed E-state index contributed by atoms with van der Waals surface area (Å²) in [4.78, 5) is 0. The lowest BCUT2D eigenvalue weighted by Gasteiger charge is -2.24. The Balaban J connectivity index is 2.79. The van der Waals surface area contributed by atoms with Crippen LogP contribution in [0.2, 0.25) is 0 Å². The van der Waals surface area contributed by atoms with Crippen LogP contribution in [-0.4, -0.2) is 62.3 Å². The summed E-state index contributed by atoms with van der Waals surface area (Å²) >= 11 is 0. The fraction of sp³-hybridized carbons (Fsp3) is 0.778. The van der Waals surface area contributed by atoms with Crippen molar-refractivity contribution in [2.45, 2.75) is 36.6 Å². The van der Waals surface area contributed by atoms with E-state index < -0.39 is 36.8 Å². The van der Waals surface area contributed by atoms with Crippen LogP contribution in [0, 0.1) is 0 Å². The third kappa shape index (κ3) is 2.20. The summed E-state index contributed by atoms with van der Waals surface area (Å²) in [6.45, 7) is 2.75. The molecule has 0 saturated carbocycles. The van der Waals surface area contributed by atoms with Crippen LogP contribution in [0.1, 0.15) is 6.42 Å². The maximum Gasteiger partial charge on any atom is 0.198 e. The first kappa shape index (κ1) is 12.6. The van der Waals surface area contributed by atoms with Crippen molar-refractivity contribution in [2.75, 3.05) is 6.61 Å². The lowest BCUT2D eigenvalue weighted by atomic mass is 10.0. The predicted octanol–water partition coefficient (Wildman–Crippen LogP) is -2.28. The SMILES string of the molecule is C=CC[C@@]1(O)O[C@@H]([C@H](O)CO)[C@H](O)[C@H]1O. The van der Waals surface area contributed by atoms with E-state index in [4.69, 9.17) is 9.84 Å². The van der Waals surface area contributed by atoms with Gasteiger partial charge in [0.05, 0.1) is 6.61 Å². The van der Waals surface area contributed by atoms with Crippen molar-refractivity contribution >= 4 is 0 Å². The quantitative estimate of drug-likeness (QED) is 0.342. The lowest BCUT2D eigenvalue weighted by molar-refractivity contribution is -0.235. The van der Waals surface area contributed by atoms with E-state index in [1.165, 1.54) is 6.08 Å². The van der Waals surface area contributed by atoms with Crippen LogP contribution in [0.5, 0.6) is 0 Å². The Labute approximate surface area is 87.0 Å².